The number of carbonyl (C=O) groups excluding carboxylic acids is 1. The van der Waals surface area contributed by atoms with E-state index >= 15 is 0 Å². The molecule has 0 bridgehead atoms. The van der Waals surface area contributed by atoms with E-state index in [4.69, 9.17) is 0 Å². The van der Waals surface area contributed by atoms with Gasteiger partial charge in [0.05, 0.1) is 0 Å². The number of alkyl halides is 3. The number of hydrogen-bond donors (Lipinski definition) is 0. The number of aromatic nitrogens is 1. The molecule has 0 radical (unpaired) electrons. The maximum absolute atomic E-state index is 12.0. The molecule has 3 nitrogen and oxygen atoms in total. The third kappa shape index (κ3) is 3.57. The molecule has 1 aromatic heterocycles. The minimum absolute atomic E-state index is 0.00394. The molecule has 82 valence electrons. The van der Waals surface area contributed by atoms with Gasteiger partial charge in [0.1, 0.15) is 12.2 Å². The van der Waals surface area contributed by atoms with Crippen LogP contribution in [0.3, 0.4) is 0 Å². The van der Waals surface area contributed by atoms with E-state index in [1.807, 2.05) is 0 Å². The van der Waals surface area contributed by atoms with Crippen LogP contribution in [0.4, 0.5) is 13.2 Å². The summed E-state index contributed by atoms with van der Waals surface area (Å²) in [7, 11) is 1.09. The molecule has 0 N–H and O–H groups in total. The fourth-order valence-corrected chi connectivity index (χ4v) is 1.03. The number of hydrogen-bond acceptors (Lipinski definition) is 2. The molecule has 0 atom stereocenters. The molecule has 0 spiro atoms. The van der Waals surface area contributed by atoms with Crippen LogP contribution in [-0.4, -0.2) is 35.6 Å². The Hall–Kier alpha value is -1.59. The van der Waals surface area contributed by atoms with E-state index in [-0.39, 0.29) is 5.69 Å². The van der Waals surface area contributed by atoms with E-state index < -0.39 is 18.6 Å². The van der Waals surface area contributed by atoms with E-state index in [9.17, 15) is 18.0 Å². The second kappa shape index (κ2) is 4.29. The van der Waals surface area contributed by atoms with Crippen molar-refractivity contribution in [3.05, 3.63) is 30.1 Å². The lowest BCUT2D eigenvalue weighted by Crippen LogP contribution is -2.36. The molecule has 0 saturated heterocycles. The van der Waals surface area contributed by atoms with Crippen LogP contribution in [-0.2, 0) is 0 Å². The zero-order valence-electron chi connectivity index (χ0n) is 7.95. The van der Waals surface area contributed by atoms with Crippen molar-refractivity contribution in [3.8, 4) is 0 Å². The van der Waals surface area contributed by atoms with Crippen molar-refractivity contribution in [1.29, 1.82) is 0 Å². The SMILES string of the molecule is CN(CC(F)(F)F)C(=O)c1ccccn1. The zero-order chi connectivity index (χ0) is 11.5. The van der Waals surface area contributed by atoms with Crippen molar-refractivity contribution in [2.75, 3.05) is 13.6 Å². The maximum Gasteiger partial charge on any atom is 0.406 e. The molecule has 1 aromatic rings. The highest BCUT2D eigenvalue weighted by Gasteiger charge is 2.31. The predicted molar refractivity (Wildman–Crippen MR) is 47.3 cm³/mol. The lowest BCUT2D eigenvalue weighted by molar-refractivity contribution is -0.138. The molecule has 1 amide bonds. The van der Waals surface area contributed by atoms with Gasteiger partial charge in [0.15, 0.2) is 0 Å². The second-order valence-corrected chi connectivity index (χ2v) is 2.99. The highest BCUT2D eigenvalue weighted by atomic mass is 19.4. The van der Waals surface area contributed by atoms with Gasteiger partial charge in [-0.3, -0.25) is 9.78 Å². The third-order valence-electron chi connectivity index (χ3n) is 1.65. The van der Waals surface area contributed by atoms with E-state index in [1.165, 1.54) is 12.3 Å². The Morgan fingerprint density at radius 1 is 1.47 bits per heavy atom. The lowest BCUT2D eigenvalue weighted by atomic mass is 10.3. The van der Waals surface area contributed by atoms with Gasteiger partial charge in [-0.05, 0) is 12.1 Å². The summed E-state index contributed by atoms with van der Waals surface area (Å²) in [5, 5.41) is 0. The molecule has 0 aromatic carbocycles. The van der Waals surface area contributed by atoms with E-state index in [1.54, 1.807) is 12.1 Å². The minimum Gasteiger partial charge on any atom is -0.331 e. The van der Waals surface area contributed by atoms with Crippen molar-refractivity contribution in [2.24, 2.45) is 0 Å². The first-order chi connectivity index (χ1) is 6.90. The molecule has 1 rings (SSSR count). The lowest BCUT2D eigenvalue weighted by Gasteiger charge is -2.18. The number of carbonyl (C=O) groups is 1. The molecule has 0 aliphatic carbocycles. The van der Waals surface area contributed by atoms with Crippen LogP contribution in [0.5, 0.6) is 0 Å². The standard InChI is InChI=1S/C9H9F3N2O/c1-14(6-9(10,11)12)8(15)7-4-2-3-5-13-7/h2-5H,6H2,1H3. The molecule has 15 heavy (non-hydrogen) atoms. The molecule has 0 unspecified atom stereocenters. The summed E-state index contributed by atoms with van der Waals surface area (Å²) in [5.74, 6) is -0.743. The summed E-state index contributed by atoms with van der Waals surface area (Å²) in [6.07, 6.45) is -3.03. The van der Waals surface area contributed by atoms with Crippen LogP contribution < -0.4 is 0 Å². The number of pyridine rings is 1. The summed E-state index contributed by atoms with van der Waals surface area (Å²) < 4.78 is 35.9. The molecule has 1 heterocycles. The Bertz CT molecular complexity index is 337. The van der Waals surface area contributed by atoms with Crippen LogP contribution in [0.15, 0.2) is 24.4 Å². The minimum atomic E-state index is -4.39. The highest BCUT2D eigenvalue weighted by molar-refractivity contribution is 5.92. The van der Waals surface area contributed by atoms with Crippen molar-refractivity contribution >= 4 is 5.91 Å². The average molecular weight is 218 g/mol. The molecule has 0 aliphatic heterocycles. The second-order valence-electron chi connectivity index (χ2n) is 2.99. The largest absolute Gasteiger partial charge is 0.406 e. The van der Waals surface area contributed by atoms with Gasteiger partial charge in [0, 0.05) is 13.2 Å². The topological polar surface area (TPSA) is 33.2 Å². The number of amides is 1. The summed E-state index contributed by atoms with van der Waals surface area (Å²) >= 11 is 0. The average Bonchev–Trinajstić information content (AvgIpc) is 2.15. The first kappa shape index (κ1) is 11.5. The fraction of sp³-hybridized carbons (Fsp3) is 0.333. The van der Waals surface area contributed by atoms with Crippen LogP contribution in [0.1, 0.15) is 10.5 Å². The molecular weight excluding hydrogens is 209 g/mol. The molecule has 0 saturated carbocycles. The van der Waals surface area contributed by atoms with Crippen molar-refractivity contribution in [3.63, 3.8) is 0 Å². The van der Waals surface area contributed by atoms with Gasteiger partial charge in [-0.2, -0.15) is 13.2 Å². The van der Waals surface area contributed by atoms with Gasteiger partial charge in [-0.25, -0.2) is 0 Å². The Balaban J connectivity index is 2.70. The monoisotopic (exact) mass is 218 g/mol. The fourth-order valence-electron chi connectivity index (χ4n) is 1.03. The Kier molecular flexibility index (Phi) is 3.28. The zero-order valence-corrected chi connectivity index (χ0v) is 7.95. The van der Waals surface area contributed by atoms with Crippen molar-refractivity contribution in [1.82, 2.24) is 9.88 Å². The molecule has 0 fully saturated rings. The van der Waals surface area contributed by atoms with Gasteiger partial charge in [0.25, 0.3) is 5.91 Å². The first-order valence-electron chi connectivity index (χ1n) is 4.13. The van der Waals surface area contributed by atoms with Crippen LogP contribution in [0.2, 0.25) is 0 Å². The van der Waals surface area contributed by atoms with E-state index in [0.29, 0.717) is 4.90 Å². The van der Waals surface area contributed by atoms with E-state index in [2.05, 4.69) is 4.98 Å². The van der Waals surface area contributed by atoms with Gasteiger partial charge >= 0.3 is 6.18 Å². The third-order valence-corrected chi connectivity index (χ3v) is 1.65. The predicted octanol–water partition coefficient (Wildman–Crippen LogP) is 1.72. The maximum atomic E-state index is 12.0. The van der Waals surface area contributed by atoms with Gasteiger partial charge < -0.3 is 4.90 Å². The Labute approximate surface area is 84.5 Å². The molecular formula is C9H9F3N2O. The van der Waals surface area contributed by atoms with Crippen LogP contribution >= 0.6 is 0 Å². The summed E-state index contributed by atoms with van der Waals surface area (Å²) in [6.45, 7) is -1.28. The van der Waals surface area contributed by atoms with Gasteiger partial charge in [-0.1, -0.05) is 6.07 Å². The van der Waals surface area contributed by atoms with Crippen molar-refractivity contribution in [2.45, 2.75) is 6.18 Å². The quantitative estimate of drug-likeness (QED) is 0.757. The van der Waals surface area contributed by atoms with Gasteiger partial charge in [-0.15, -0.1) is 0 Å². The highest BCUT2D eigenvalue weighted by Crippen LogP contribution is 2.16. The first-order valence-corrected chi connectivity index (χ1v) is 4.13. The number of rotatable bonds is 2. The number of halogens is 3. The van der Waals surface area contributed by atoms with Gasteiger partial charge in [0.2, 0.25) is 0 Å². The Morgan fingerprint density at radius 3 is 2.60 bits per heavy atom. The van der Waals surface area contributed by atoms with E-state index in [0.717, 1.165) is 7.05 Å². The normalized spacial score (nSPS) is 11.2. The van der Waals surface area contributed by atoms with Crippen LogP contribution in [0, 0.1) is 0 Å². The van der Waals surface area contributed by atoms with Crippen LogP contribution in [0.25, 0.3) is 0 Å². The summed E-state index contributed by atoms with van der Waals surface area (Å²) in [4.78, 5) is 15.6. The molecule has 0 aliphatic rings. The summed E-state index contributed by atoms with van der Waals surface area (Å²) in [6, 6.07) is 4.50. The molecule has 6 heteroatoms. The summed E-state index contributed by atoms with van der Waals surface area (Å²) in [5.41, 5.74) is 0.00394. The van der Waals surface area contributed by atoms with Crippen molar-refractivity contribution < 1.29 is 18.0 Å². The Morgan fingerprint density at radius 2 is 2.13 bits per heavy atom. The number of nitrogens with zero attached hydrogens (tertiary/aromatic N) is 2. The smallest absolute Gasteiger partial charge is 0.331 e.